The first-order valence-electron chi connectivity index (χ1n) is 6.41. The van der Waals surface area contributed by atoms with E-state index in [0.29, 0.717) is 5.56 Å². The van der Waals surface area contributed by atoms with Crippen LogP contribution in [0.5, 0.6) is 0 Å². The third-order valence-electron chi connectivity index (χ3n) is 3.28. The summed E-state index contributed by atoms with van der Waals surface area (Å²) in [6.07, 6.45) is 1.60. The highest BCUT2D eigenvalue weighted by atomic mass is 19.2. The number of rotatable bonds is 6. The molecule has 4 nitrogen and oxygen atoms in total. The lowest BCUT2D eigenvalue weighted by molar-refractivity contribution is -0.137. The molecule has 1 aliphatic rings. The average molecular weight is 283 g/mol. The van der Waals surface area contributed by atoms with Gasteiger partial charge in [0.25, 0.3) is 0 Å². The Morgan fingerprint density at radius 3 is 2.55 bits per heavy atom. The van der Waals surface area contributed by atoms with E-state index in [9.17, 15) is 18.4 Å². The smallest absolute Gasteiger partial charge is 0.305 e. The van der Waals surface area contributed by atoms with Crippen LogP contribution < -0.4 is 5.32 Å². The third kappa shape index (κ3) is 4.01. The number of carboxylic acid groups (broad SMARTS) is 1. The summed E-state index contributed by atoms with van der Waals surface area (Å²) in [6.45, 7) is 0. The molecule has 1 saturated carbocycles. The molecule has 20 heavy (non-hydrogen) atoms. The van der Waals surface area contributed by atoms with E-state index >= 15 is 0 Å². The molecule has 0 heterocycles. The summed E-state index contributed by atoms with van der Waals surface area (Å²) in [5, 5.41) is 11.4. The molecule has 0 spiro atoms. The van der Waals surface area contributed by atoms with Crippen molar-refractivity contribution in [3.63, 3.8) is 0 Å². The van der Waals surface area contributed by atoms with Crippen LogP contribution in [0.25, 0.3) is 0 Å². The van der Waals surface area contributed by atoms with Gasteiger partial charge >= 0.3 is 5.97 Å². The SMILES string of the molecule is O=C(O)CC(NC(=O)Cc1ccc(F)c(F)c1)C1CC1. The van der Waals surface area contributed by atoms with Crippen molar-refractivity contribution in [2.45, 2.75) is 31.7 Å². The van der Waals surface area contributed by atoms with E-state index in [4.69, 9.17) is 5.11 Å². The Labute approximate surface area is 114 Å². The number of amides is 1. The molecule has 1 aliphatic carbocycles. The lowest BCUT2D eigenvalue weighted by Crippen LogP contribution is -2.38. The zero-order chi connectivity index (χ0) is 14.7. The number of carbonyl (C=O) groups is 2. The van der Waals surface area contributed by atoms with E-state index in [-0.39, 0.29) is 30.7 Å². The van der Waals surface area contributed by atoms with Crippen molar-refractivity contribution in [1.82, 2.24) is 5.32 Å². The van der Waals surface area contributed by atoms with E-state index in [1.807, 2.05) is 0 Å². The largest absolute Gasteiger partial charge is 0.481 e. The molecule has 0 aliphatic heterocycles. The number of carboxylic acids is 1. The Hall–Kier alpha value is -1.98. The summed E-state index contributed by atoms with van der Waals surface area (Å²) >= 11 is 0. The van der Waals surface area contributed by atoms with Gasteiger partial charge in [-0.3, -0.25) is 9.59 Å². The minimum absolute atomic E-state index is 0.0972. The standard InChI is InChI=1S/C14H15F2NO3/c15-10-4-1-8(5-11(10)16)6-13(18)17-12(7-14(19)20)9-2-3-9/h1,4-5,9,12H,2-3,6-7H2,(H,17,18)(H,19,20). The second kappa shape index (κ2) is 5.98. The molecule has 6 heteroatoms. The molecule has 0 saturated heterocycles. The normalized spacial score (nSPS) is 15.7. The number of aliphatic carboxylic acids is 1. The maximum atomic E-state index is 13.0. The van der Waals surface area contributed by atoms with E-state index in [1.54, 1.807) is 0 Å². The van der Waals surface area contributed by atoms with Crippen LogP contribution in [0.1, 0.15) is 24.8 Å². The fourth-order valence-corrected chi connectivity index (χ4v) is 2.12. The van der Waals surface area contributed by atoms with Crippen molar-refractivity contribution >= 4 is 11.9 Å². The number of benzene rings is 1. The first kappa shape index (κ1) is 14.4. The van der Waals surface area contributed by atoms with Gasteiger partial charge in [0.05, 0.1) is 12.8 Å². The van der Waals surface area contributed by atoms with Crippen LogP contribution in [0.3, 0.4) is 0 Å². The van der Waals surface area contributed by atoms with Crippen LogP contribution in [-0.4, -0.2) is 23.0 Å². The highest BCUT2D eigenvalue weighted by molar-refractivity contribution is 5.79. The topological polar surface area (TPSA) is 66.4 Å². The van der Waals surface area contributed by atoms with Crippen LogP contribution in [0.15, 0.2) is 18.2 Å². The van der Waals surface area contributed by atoms with Crippen LogP contribution in [0.4, 0.5) is 8.78 Å². The fraction of sp³-hybridized carbons (Fsp3) is 0.429. The molecule has 2 N–H and O–H groups in total. The van der Waals surface area contributed by atoms with Crippen LogP contribution in [-0.2, 0) is 16.0 Å². The van der Waals surface area contributed by atoms with Crippen LogP contribution in [0.2, 0.25) is 0 Å². The molecule has 1 atom stereocenters. The minimum Gasteiger partial charge on any atom is -0.481 e. The van der Waals surface area contributed by atoms with Gasteiger partial charge in [-0.25, -0.2) is 8.78 Å². The molecule has 1 amide bonds. The zero-order valence-electron chi connectivity index (χ0n) is 10.7. The van der Waals surface area contributed by atoms with Gasteiger partial charge in [-0.05, 0) is 36.5 Å². The Bertz CT molecular complexity index is 529. The number of halogens is 2. The summed E-state index contributed by atoms with van der Waals surface area (Å²) in [5.41, 5.74) is 0.353. The van der Waals surface area contributed by atoms with Gasteiger partial charge in [0.15, 0.2) is 11.6 Å². The molecule has 108 valence electrons. The Morgan fingerprint density at radius 2 is 2.00 bits per heavy atom. The van der Waals surface area contributed by atoms with E-state index < -0.39 is 17.6 Å². The van der Waals surface area contributed by atoms with Gasteiger partial charge in [0.2, 0.25) is 5.91 Å². The van der Waals surface area contributed by atoms with Crippen molar-refractivity contribution in [2.75, 3.05) is 0 Å². The highest BCUT2D eigenvalue weighted by Crippen LogP contribution is 2.34. The van der Waals surface area contributed by atoms with Crippen molar-refractivity contribution in [2.24, 2.45) is 5.92 Å². The Kier molecular flexibility index (Phi) is 4.32. The van der Waals surface area contributed by atoms with Crippen molar-refractivity contribution in [3.8, 4) is 0 Å². The average Bonchev–Trinajstić information content (AvgIpc) is 3.16. The Balaban J connectivity index is 1.93. The van der Waals surface area contributed by atoms with Gasteiger partial charge in [-0.15, -0.1) is 0 Å². The molecular weight excluding hydrogens is 268 g/mol. The molecule has 1 aromatic carbocycles. The molecule has 2 rings (SSSR count). The Morgan fingerprint density at radius 1 is 1.30 bits per heavy atom. The third-order valence-corrected chi connectivity index (χ3v) is 3.28. The predicted octanol–water partition coefficient (Wildman–Crippen LogP) is 1.88. The number of nitrogens with one attached hydrogen (secondary N) is 1. The quantitative estimate of drug-likeness (QED) is 0.837. The monoisotopic (exact) mass is 283 g/mol. The number of carbonyl (C=O) groups excluding carboxylic acids is 1. The van der Waals surface area contributed by atoms with Gasteiger partial charge in [-0.1, -0.05) is 6.07 Å². The second-order valence-corrected chi connectivity index (χ2v) is 5.03. The molecule has 0 bridgehead atoms. The molecule has 1 fully saturated rings. The maximum absolute atomic E-state index is 13.0. The van der Waals surface area contributed by atoms with E-state index in [0.717, 1.165) is 25.0 Å². The van der Waals surface area contributed by atoms with Gasteiger partial charge < -0.3 is 10.4 Å². The summed E-state index contributed by atoms with van der Waals surface area (Å²) in [4.78, 5) is 22.5. The molecule has 1 unspecified atom stereocenters. The van der Waals surface area contributed by atoms with Crippen molar-refractivity contribution < 1.29 is 23.5 Å². The number of hydrogen-bond donors (Lipinski definition) is 2. The van der Waals surface area contributed by atoms with E-state index in [1.165, 1.54) is 6.07 Å². The maximum Gasteiger partial charge on any atom is 0.305 e. The van der Waals surface area contributed by atoms with Crippen LogP contribution >= 0.6 is 0 Å². The first-order valence-corrected chi connectivity index (χ1v) is 6.41. The fourth-order valence-electron chi connectivity index (χ4n) is 2.12. The van der Waals surface area contributed by atoms with E-state index in [2.05, 4.69) is 5.32 Å². The lowest BCUT2D eigenvalue weighted by atomic mass is 10.1. The summed E-state index contributed by atoms with van der Waals surface area (Å²) in [7, 11) is 0. The lowest BCUT2D eigenvalue weighted by Gasteiger charge is -2.16. The predicted molar refractivity (Wildman–Crippen MR) is 67.0 cm³/mol. The second-order valence-electron chi connectivity index (χ2n) is 5.03. The summed E-state index contributed by atoms with van der Waals surface area (Å²) in [6, 6.07) is 2.89. The van der Waals surface area contributed by atoms with Gasteiger partial charge in [0.1, 0.15) is 0 Å². The number of hydrogen-bond acceptors (Lipinski definition) is 2. The van der Waals surface area contributed by atoms with Gasteiger partial charge in [0, 0.05) is 6.04 Å². The zero-order valence-corrected chi connectivity index (χ0v) is 10.7. The molecule has 0 aromatic heterocycles. The minimum atomic E-state index is -1.00. The van der Waals surface area contributed by atoms with Gasteiger partial charge in [-0.2, -0.15) is 0 Å². The molecule has 0 radical (unpaired) electrons. The highest BCUT2D eigenvalue weighted by Gasteiger charge is 2.33. The summed E-state index contributed by atoms with van der Waals surface area (Å²) in [5.74, 6) is -3.10. The van der Waals surface area contributed by atoms with Crippen molar-refractivity contribution in [3.05, 3.63) is 35.4 Å². The molecular formula is C14H15F2NO3. The van der Waals surface area contributed by atoms with Crippen molar-refractivity contribution in [1.29, 1.82) is 0 Å². The molecule has 1 aromatic rings. The first-order chi connectivity index (χ1) is 9.45. The summed E-state index contributed by atoms with van der Waals surface area (Å²) < 4.78 is 25.8. The van der Waals surface area contributed by atoms with Crippen LogP contribution in [0, 0.1) is 17.6 Å².